The molecule has 3 rings (SSSR count). The van der Waals surface area contributed by atoms with Crippen LogP contribution in [0.3, 0.4) is 0 Å². The van der Waals surface area contributed by atoms with Crippen LogP contribution in [0.2, 0.25) is 0 Å². The minimum absolute atomic E-state index is 0.340. The average molecular weight is 379 g/mol. The van der Waals surface area contributed by atoms with Crippen molar-refractivity contribution in [1.82, 2.24) is 5.32 Å². The summed E-state index contributed by atoms with van der Waals surface area (Å²) in [7, 11) is 0. The number of ether oxygens (including phenoxy) is 1. The lowest BCUT2D eigenvalue weighted by atomic mass is 10.1. The van der Waals surface area contributed by atoms with Gasteiger partial charge >= 0.3 is 0 Å². The summed E-state index contributed by atoms with van der Waals surface area (Å²) in [6.45, 7) is 11.7. The van der Waals surface area contributed by atoms with Crippen LogP contribution in [-0.2, 0) is 4.84 Å². The highest BCUT2D eigenvalue weighted by Gasteiger charge is 2.26. The number of nitrogens with one attached hydrogen (secondary N) is 1. The fraction of sp³-hybridized carbons (Fsp3) is 0.375. The van der Waals surface area contributed by atoms with E-state index < -0.39 is 0 Å². The standard InChI is InChI=1S/C24H30N2O2/c1-17(2)25-14-8-9-15-27-18-12-13-20-19-10-6-7-11-21(19)23(22(20)16-18)26-28-24(3,4)5/h6-13,16-17,25H,14-15H2,1-5H3/b9-8+,26-23-. The summed E-state index contributed by atoms with van der Waals surface area (Å²) in [6, 6.07) is 15.0. The molecule has 0 aliphatic heterocycles. The molecule has 0 spiro atoms. The topological polar surface area (TPSA) is 42.8 Å². The largest absolute Gasteiger partial charge is 0.490 e. The molecule has 0 fully saturated rings. The summed E-state index contributed by atoms with van der Waals surface area (Å²) in [4.78, 5) is 5.74. The van der Waals surface area contributed by atoms with Crippen LogP contribution in [0.15, 0.2) is 59.8 Å². The van der Waals surface area contributed by atoms with Crippen molar-refractivity contribution in [1.29, 1.82) is 0 Å². The molecular formula is C24H30N2O2. The van der Waals surface area contributed by atoms with Crippen LogP contribution >= 0.6 is 0 Å². The first-order chi connectivity index (χ1) is 13.3. The maximum absolute atomic E-state index is 5.92. The first-order valence-corrected chi connectivity index (χ1v) is 9.87. The Balaban J connectivity index is 1.79. The molecule has 148 valence electrons. The van der Waals surface area contributed by atoms with E-state index in [1.807, 2.05) is 39.0 Å². The van der Waals surface area contributed by atoms with E-state index in [1.54, 1.807) is 0 Å². The zero-order chi connectivity index (χ0) is 20.1. The maximum atomic E-state index is 5.92. The Morgan fingerprint density at radius 1 is 0.964 bits per heavy atom. The van der Waals surface area contributed by atoms with E-state index in [0.29, 0.717) is 12.6 Å². The highest BCUT2D eigenvalue weighted by Crippen LogP contribution is 2.39. The van der Waals surface area contributed by atoms with Gasteiger partial charge in [0.2, 0.25) is 0 Å². The molecule has 2 aromatic carbocycles. The second-order valence-electron chi connectivity index (χ2n) is 8.24. The van der Waals surface area contributed by atoms with Gasteiger partial charge in [-0.25, -0.2) is 0 Å². The van der Waals surface area contributed by atoms with E-state index in [0.717, 1.165) is 34.7 Å². The van der Waals surface area contributed by atoms with Crippen molar-refractivity contribution in [2.75, 3.05) is 13.2 Å². The van der Waals surface area contributed by atoms with Gasteiger partial charge in [-0.3, -0.25) is 0 Å². The van der Waals surface area contributed by atoms with Crippen LogP contribution in [0, 0.1) is 0 Å². The summed E-state index contributed by atoms with van der Waals surface area (Å²) in [5, 5.41) is 7.84. The van der Waals surface area contributed by atoms with E-state index in [1.165, 1.54) is 5.56 Å². The zero-order valence-electron chi connectivity index (χ0n) is 17.5. The van der Waals surface area contributed by atoms with Gasteiger partial charge in [0.05, 0.1) is 0 Å². The molecule has 0 aromatic heterocycles. The maximum Gasteiger partial charge on any atom is 0.129 e. The minimum atomic E-state index is -0.340. The predicted molar refractivity (Wildman–Crippen MR) is 116 cm³/mol. The quantitative estimate of drug-likeness (QED) is 0.456. The van der Waals surface area contributed by atoms with Crippen molar-refractivity contribution < 1.29 is 9.57 Å². The lowest BCUT2D eigenvalue weighted by Gasteiger charge is -2.16. The third-order valence-electron chi connectivity index (χ3n) is 4.29. The first kappa shape index (κ1) is 20.2. The van der Waals surface area contributed by atoms with Gasteiger partial charge in [-0.1, -0.05) is 55.4 Å². The second-order valence-corrected chi connectivity index (χ2v) is 8.24. The molecule has 0 amide bonds. The summed E-state index contributed by atoms with van der Waals surface area (Å²) >= 11 is 0. The summed E-state index contributed by atoms with van der Waals surface area (Å²) in [5.74, 6) is 0.830. The van der Waals surface area contributed by atoms with Crippen LogP contribution < -0.4 is 10.1 Å². The van der Waals surface area contributed by atoms with E-state index in [2.05, 4.69) is 60.7 Å². The smallest absolute Gasteiger partial charge is 0.129 e. The normalized spacial score (nSPS) is 14.6. The molecule has 1 N–H and O–H groups in total. The summed E-state index contributed by atoms with van der Waals surface area (Å²) < 4.78 is 5.92. The summed E-state index contributed by atoms with van der Waals surface area (Å²) in [6.07, 6.45) is 4.13. The summed E-state index contributed by atoms with van der Waals surface area (Å²) in [5.41, 5.74) is 5.01. The number of oxime groups is 1. The van der Waals surface area contributed by atoms with Gasteiger partial charge in [0.15, 0.2) is 0 Å². The highest BCUT2D eigenvalue weighted by molar-refractivity contribution is 6.24. The molecule has 1 aliphatic carbocycles. The van der Waals surface area contributed by atoms with Gasteiger partial charge in [0.1, 0.15) is 23.7 Å². The fourth-order valence-corrected chi connectivity index (χ4v) is 2.99. The molecule has 0 saturated carbocycles. The number of benzene rings is 2. The zero-order valence-corrected chi connectivity index (χ0v) is 17.5. The van der Waals surface area contributed by atoms with Gasteiger partial charge in [-0.2, -0.15) is 0 Å². The monoisotopic (exact) mass is 378 g/mol. The van der Waals surface area contributed by atoms with Crippen molar-refractivity contribution in [2.24, 2.45) is 5.16 Å². The van der Waals surface area contributed by atoms with Crippen molar-refractivity contribution in [2.45, 2.75) is 46.3 Å². The van der Waals surface area contributed by atoms with Crippen molar-refractivity contribution >= 4 is 5.71 Å². The van der Waals surface area contributed by atoms with E-state index in [-0.39, 0.29) is 5.60 Å². The predicted octanol–water partition coefficient (Wildman–Crippen LogP) is 5.17. The van der Waals surface area contributed by atoms with Gasteiger partial charge in [0, 0.05) is 23.7 Å². The molecule has 0 atom stereocenters. The second kappa shape index (κ2) is 8.61. The molecular weight excluding hydrogens is 348 g/mol. The molecule has 0 saturated heterocycles. The SMILES string of the molecule is CC(C)NC/C=C/COc1ccc2c(c1)/C(=N\OC(C)(C)C)c1ccccc1-2. The van der Waals surface area contributed by atoms with Gasteiger partial charge < -0.3 is 14.9 Å². The van der Waals surface area contributed by atoms with Crippen LogP contribution in [0.1, 0.15) is 45.7 Å². The number of fused-ring (bicyclic) bond motifs is 3. The van der Waals surface area contributed by atoms with E-state index >= 15 is 0 Å². The van der Waals surface area contributed by atoms with Gasteiger partial charge in [0.25, 0.3) is 0 Å². The van der Waals surface area contributed by atoms with Crippen LogP contribution in [0.5, 0.6) is 5.75 Å². The number of hydrogen-bond acceptors (Lipinski definition) is 4. The lowest BCUT2D eigenvalue weighted by molar-refractivity contribution is 0.00121. The Morgan fingerprint density at radius 2 is 1.68 bits per heavy atom. The van der Waals surface area contributed by atoms with Gasteiger partial charge in [-0.05, 0) is 50.1 Å². The molecule has 0 heterocycles. The molecule has 0 radical (unpaired) electrons. The molecule has 1 aliphatic rings. The molecule has 2 aromatic rings. The minimum Gasteiger partial charge on any atom is -0.490 e. The van der Waals surface area contributed by atoms with Crippen LogP contribution in [0.4, 0.5) is 0 Å². The Kier molecular flexibility index (Phi) is 6.20. The van der Waals surface area contributed by atoms with Crippen molar-refractivity contribution in [3.8, 4) is 16.9 Å². The first-order valence-electron chi connectivity index (χ1n) is 9.87. The fourth-order valence-electron chi connectivity index (χ4n) is 2.99. The average Bonchev–Trinajstić information content (AvgIpc) is 2.95. The Labute approximate surface area is 168 Å². The molecule has 0 bridgehead atoms. The molecule has 4 nitrogen and oxygen atoms in total. The number of rotatable bonds is 7. The third-order valence-corrected chi connectivity index (χ3v) is 4.29. The Bertz CT molecular complexity index is 876. The van der Waals surface area contributed by atoms with E-state index in [9.17, 15) is 0 Å². The van der Waals surface area contributed by atoms with Crippen LogP contribution in [0.25, 0.3) is 11.1 Å². The van der Waals surface area contributed by atoms with Crippen molar-refractivity contribution in [3.63, 3.8) is 0 Å². The molecule has 0 unspecified atom stereocenters. The Hall–Kier alpha value is -2.59. The van der Waals surface area contributed by atoms with Crippen LogP contribution in [-0.4, -0.2) is 30.5 Å². The third kappa shape index (κ3) is 5.02. The van der Waals surface area contributed by atoms with Gasteiger partial charge in [-0.15, -0.1) is 0 Å². The molecule has 4 heteroatoms. The number of hydrogen-bond donors (Lipinski definition) is 1. The Morgan fingerprint density at radius 3 is 2.39 bits per heavy atom. The molecule has 28 heavy (non-hydrogen) atoms. The highest BCUT2D eigenvalue weighted by atomic mass is 16.6. The van der Waals surface area contributed by atoms with E-state index in [4.69, 9.17) is 9.57 Å². The lowest BCUT2D eigenvalue weighted by Crippen LogP contribution is -2.22. The van der Waals surface area contributed by atoms with Crippen molar-refractivity contribution in [3.05, 3.63) is 65.7 Å². The number of nitrogens with zero attached hydrogens (tertiary/aromatic N) is 1.